The lowest BCUT2D eigenvalue weighted by Crippen LogP contribution is -2.34. The van der Waals surface area contributed by atoms with E-state index in [4.69, 9.17) is 0 Å². The molecular weight excluding hydrogens is 326 g/mol. The summed E-state index contributed by atoms with van der Waals surface area (Å²) in [7, 11) is 0. The lowest BCUT2D eigenvalue weighted by molar-refractivity contribution is -0.133. The molecule has 0 N–H and O–H groups in total. The van der Waals surface area contributed by atoms with Gasteiger partial charge in [0.25, 0.3) is 5.91 Å². The molecule has 1 aliphatic heterocycles. The summed E-state index contributed by atoms with van der Waals surface area (Å²) < 4.78 is 0. The van der Waals surface area contributed by atoms with Crippen molar-refractivity contribution >= 4 is 11.6 Å². The summed E-state index contributed by atoms with van der Waals surface area (Å²) in [6.45, 7) is 2.13. The number of hydrazone groups is 1. The van der Waals surface area contributed by atoms with E-state index in [1.807, 2.05) is 42.5 Å². The van der Waals surface area contributed by atoms with Crippen molar-refractivity contribution < 1.29 is 4.79 Å². The molecule has 6 nitrogen and oxygen atoms in total. The van der Waals surface area contributed by atoms with Gasteiger partial charge in [-0.3, -0.25) is 9.78 Å². The standard InChI is InChI=1S/C20H17N5O/c1-14-18(19(17(11-21)12-22)16-7-9-23-10-8-16)20(26)25(24-14)13-15-5-3-2-4-6-15/h2-10,17-19H,13H2,1H3/t18-,19-/m0/s1. The van der Waals surface area contributed by atoms with Gasteiger partial charge >= 0.3 is 0 Å². The van der Waals surface area contributed by atoms with Crippen LogP contribution >= 0.6 is 0 Å². The molecule has 26 heavy (non-hydrogen) atoms. The monoisotopic (exact) mass is 343 g/mol. The predicted molar refractivity (Wildman–Crippen MR) is 95.3 cm³/mol. The molecular formula is C20H17N5O. The van der Waals surface area contributed by atoms with Crippen molar-refractivity contribution in [1.82, 2.24) is 9.99 Å². The average Bonchev–Trinajstić information content (AvgIpc) is 2.94. The van der Waals surface area contributed by atoms with Gasteiger partial charge in [0.15, 0.2) is 0 Å². The van der Waals surface area contributed by atoms with E-state index in [0.717, 1.165) is 11.1 Å². The second kappa shape index (κ2) is 7.58. The molecule has 0 unspecified atom stereocenters. The van der Waals surface area contributed by atoms with Gasteiger partial charge in [0, 0.05) is 24.0 Å². The third-order valence-corrected chi connectivity index (χ3v) is 4.51. The Kier molecular flexibility index (Phi) is 5.05. The van der Waals surface area contributed by atoms with Crippen LogP contribution < -0.4 is 0 Å². The predicted octanol–water partition coefficient (Wildman–Crippen LogP) is 2.86. The number of pyridine rings is 1. The highest BCUT2D eigenvalue weighted by molar-refractivity contribution is 6.07. The molecule has 1 aromatic heterocycles. The van der Waals surface area contributed by atoms with E-state index >= 15 is 0 Å². The summed E-state index contributed by atoms with van der Waals surface area (Å²) in [5, 5.41) is 24.7. The summed E-state index contributed by atoms with van der Waals surface area (Å²) in [5.74, 6) is -2.35. The van der Waals surface area contributed by atoms with Crippen LogP contribution in [0.15, 0.2) is 60.0 Å². The van der Waals surface area contributed by atoms with Gasteiger partial charge < -0.3 is 0 Å². The highest BCUT2D eigenvalue weighted by atomic mass is 16.2. The van der Waals surface area contributed by atoms with Crippen LogP contribution in [0.25, 0.3) is 0 Å². The number of carbonyl (C=O) groups excluding carboxylic acids is 1. The Morgan fingerprint density at radius 3 is 2.38 bits per heavy atom. The Morgan fingerprint density at radius 2 is 1.77 bits per heavy atom. The van der Waals surface area contributed by atoms with Crippen LogP contribution in [0.3, 0.4) is 0 Å². The highest BCUT2D eigenvalue weighted by Gasteiger charge is 2.43. The van der Waals surface area contributed by atoms with Crippen molar-refractivity contribution in [3.63, 3.8) is 0 Å². The second-order valence-corrected chi connectivity index (χ2v) is 6.14. The van der Waals surface area contributed by atoms with E-state index in [1.54, 1.807) is 31.5 Å². The molecule has 0 fully saturated rings. The van der Waals surface area contributed by atoms with E-state index in [1.165, 1.54) is 5.01 Å². The van der Waals surface area contributed by atoms with Crippen molar-refractivity contribution in [2.75, 3.05) is 0 Å². The van der Waals surface area contributed by atoms with Crippen LogP contribution in [0.5, 0.6) is 0 Å². The van der Waals surface area contributed by atoms with Crippen LogP contribution in [-0.2, 0) is 11.3 Å². The molecule has 2 atom stereocenters. The topological polar surface area (TPSA) is 93.1 Å². The summed E-state index contributed by atoms with van der Waals surface area (Å²) in [4.78, 5) is 17.0. The number of aromatic nitrogens is 1. The summed E-state index contributed by atoms with van der Waals surface area (Å²) in [6.07, 6.45) is 3.20. The smallest absolute Gasteiger partial charge is 0.252 e. The Morgan fingerprint density at radius 1 is 1.12 bits per heavy atom. The fourth-order valence-corrected chi connectivity index (χ4v) is 3.28. The van der Waals surface area contributed by atoms with Crippen molar-refractivity contribution in [1.29, 1.82) is 10.5 Å². The number of carbonyl (C=O) groups is 1. The number of nitrogens with zero attached hydrogens (tertiary/aromatic N) is 5. The van der Waals surface area contributed by atoms with Crippen molar-refractivity contribution in [3.05, 3.63) is 66.0 Å². The molecule has 6 heteroatoms. The minimum absolute atomic E-state index is 0.191. The fraction of sp³-hybridized carbons (Fsp3) is 0.250. The molecule has 1 aliphatic rings. The molecule has 1 aromatic carbocycles. The molecule has 0 saturated heterocycles. The summed E-state index contributed by atoms with van der Waals surface area (Å²) in [5.41, 5.74) is 2.32. The van der Waals surface area contributed by atoms with Crippen LogP contribution in [-0.4, -0.2) is 21.6 Å². The molecule has 0 spiro atoms. The van der Waals surface area contributed by atoms with Gasteiger partial charge in [0.1, 0.15) is 5.92 Å². The first-order valence-corrected chi connectivity index (χ1v) is 8.25. The maximum absolute atomic E-state index is 13.0. The number of benzene rings is 1. The minimum Gasteiger partial charge on any atom is -0.272 e. The van der Waals surface area contributed by atoms with Crippen LogP contribution in [0.4, 0.5) is 0 Å². The van der Waals surface area contributed by atoms with Crippen LogP contribution in [0, 0.1) is 34.5 Å². The first-order chi connectivity index (χ1) is 12.7. The van der Waals surface area contributed by atoms with Crippen molar-refractivity contribution in [2.24, 2.45) is 16.9 Å². The van der Waals surface area contributed by atoms with Gasteiger partial charge in [-0.25, -0.2) is 5.01 Å². The van der Waals surface area contributed by atoms with Crippen LogP contribution in [0.2, 0.25) is 0 Å². The molecule has 0 saturated carbocycles. The van der Waals surface area contributed by atoms with Crippen molar-refractivity contribution in [2.45, 2.75) is 19.4 Å². The van der Waals surface area contributed by atoms with E-state index in [9.17, 15) is 15.3 Å². The second-order valence-electron chi connectivity index (χ2n) is 6.14. The zero-order valence-electron chi connectivity index (χ0n) is 14.3. The Hall–Kier alpha value is -3.51. The lowest BCUT2D eigenvalue weighted by Gasteiger charge is -2.24. The van der Waals surface area contributed by atoms with E-state index < -0.39 is 17.8 Å². The third kappa shape index (κ3) is 3.31. The molecule has 2 heterocycles. The lowest BCUT2D eigenvalue weighted by atomic mass is 9.76. The van der Waals surface area contributed by atoms with E-state index in [2.05, 4.69) is 10.1 Å². The molecule has 3 rings (SSSR count). The highest BCUT2D eigenvalue weighted by Crippen LogP contribution is 2.37. The van der Waals surface area contributed by atoms with Gasteiger partial charge in [0.2, 0.25) is 0 Å². The SMILES string of the molecule is CC1=NN(Cc2ccccc2)C(=O)[C@@H]1[C@@H](c1ccncc1)C(C#N)C#N. The largest absolute Gasteiger partial charge is 0.272 e. The molecule has 0 bridgehead atoms. The summed E-state index contributed by atoms with van der Waals surface area (Å²) >= 11 is 0. The first kappa shape index (κ1) is 17.3. The third-order valence-electron chi connectivity index (χ3n) is 4.51. The van der Waals surface area contributed by atoms with E-state index in [0.29, 0.717) is 12.3 Å². The number of nitriles is 2. The number of hydrogen-bond acceptors (Lipinski definition) is 5. The summed E-state index contributed by atoms with van der Waals surface area (Å²) in [6, 6.07) is 17.1. The van der Waals surface area contributed by atoms with Gasteiger partial charge in [0.05, 0.1) is 24.6 Å². The zero-order valence-corrected chi connectivity index (χ0v) is 14.3. The molecule has 128 valence electrons. The van der Waals surface area contributed by atoms with E-state index in [-0.39, 0.29) is 5.91 Å². The van der Waals surface area contributed by atoms with Crippen molar-refractivity contribution in [3.8, 4) is 12.1 Å². The number of hydrogen-bond donors (Lipinski definition) is 0. The molecule has 0 aliphatic carbocycles. The van der Waals surface area contributed by atoms with Gasteiger partial charge in [-0.05, 0) is 30.2 Å². The quantitative estimate of drug-likeness (QED) is 0.834. The van der Waals surface area contributed by atoms with Gasteiger partial charge in [-0.15, -0.1) is 0 Å². The Labute approximate surface area is 152 Å². The normalized spacial score (nSPS) is 17.5. The number of amides is 1. The molecule has 2 aromatic rings. The van der Waals surface area contributed by atoms with Crippen LogP contribution in [0.1, 0.15) is 24.0 Å². The average molecular weight is 343 g/mol. The maximum atomic E-state index is 13.0. The Balaban J connectivity index is 1.93. The van der Waals surface area contributed by atoms with Gasteiger partial charge in [-0.2, -0.15) is 15.6 Å². The first-order valence-electron chi connectivity index (χ1n) is 8.25. The Bertz CT molecular complexity index is 881. The molecule has 1 amide bonds. The minimum atomic E-state index is -0.951. The fourth-order valence-electron chi connectivity index (χ4n) is 3.28. The van der Waals surface area contributed by atoms with Gasteiger partial charge in [-0.1, -0.05) is 30.3 Å². The molecule has 0 radical (unpaired) electrons. The number of rotatable bonds is 5. The maximum Gasteiger partial charge on any atom is 0.252 e. The zero-order chi connectivity index (χ0) is 18.5.